The molecule has 4 heteroatoms. The van der Waals surface area contributed by atoms with Crippen molar-refractivity contribution >= 4 is 27.5 Å². The highest BCUT2D eigenvalue weighted by atomic mass is 79.9. The van der Waals surface area contributed by atoms with Crippen LogP contribution in [0.15, 0.2) is 10.5 Å². The van der Waals surface area contributed by atoms with Gasteiger partial charge in [0.15, 0.2) is 0 Å². The molecule has 19 heavy (non-hydrogen) atoms. The molecule has 0 spiro atoms. The second-order valence-electron chi connectivity index (χ2n) is 5.13. The van der Waals surface area contributed by atoms with Gasteiger partial charge in [0, 0.05) is 22.6 Å². The molecule has 1 aromatic carbocycles. The van der Waals surface area contributed by atoms with E-state index < -0.39 is 0 Å². The van der Waals surface area contributed by atoms with Gasteiger partial charge in [-0.3, -0.25) is 0 Å². The number of methoxy groups -OCH3 is 1. The highest BCUT2D eigenvalue weighted by Crippen LogP contribution is 2.44. The second-order valence-corrected chi connectivity index (χ2v) is 6.45. The lowest BCUT2D eigenvalue weighted by molar-refractivity contribution is 0.0529. The van der Waals surface area contributed by atoms with Crippen molar-refractivity contribution in [3.8, 4) is 5.75 Å². The summed E-state index contributed by atoms with van der Waals surface area (Å²) in [6, 6.07) is 2.08. The topological polar surface area (TPSA) is 18.5 Å². The number of halogens is 2. The van der Waals surface area contributed by atoms with Crippen molar-refractivity contribution in [1.82, 2.24) is 0 Å². The first kappa shape index (κ1) is 15.1. The summed E-state index contributed by atoms with van der Waals surface area (Å²) in [7, 11) is 1.71. The van der Waals surface area contributed by atoms with Crippen molar-refractivity contribution in [3.05, 3.63) is 27.2 Å². The quantitative estimate of drug-likeness (QED) is 0.733. The first-order valence-corrected chi connectivity index (χ1v) is 7.84. The third-order valence-corrected chi connectivity index (χ3v) is 5.20. The van der Waals surface area contributed by atoms with Gasteiger partial charge in [-0.1, -0.05) is 15.9 Å². The summed E-state index contributed by atoms with van der Waals surface area (Å²) in [5, 5.41) is -0.0635. The van der Waals surface area contributed by atoms with Gasteiger partial charge in [-0.2, -0.15) is 0 Å². The van der Waals surface area contributed by atoms with Crippen LogP contribution >= 0.6 is 27.5 Å². The van der Waals surface area contributed by atoms with Crippen LogP contribution in [0.2, 0.25) is 0 Å². The standard InChI is InChI=1S/C15H20BrClO2/c1-9-7-12(16)10(2)13(15(9)18-3)14(17)11-5-4-6-19-8-11/h7,11,14H,4-6,8H2,1-3H3. The highest BCUT2D eigenvalue weighted by Gasteiger charge is 2.29. The van der Waals surface area contributed by atoms with Crippen molar-refractivity contribution < 1.29 is 9.47 Å². The lowest BCUT2D eigenvalue weighted by Crippen LogP contribution is -2.22. The van der Waals surface area contributed by atoms with Crippen LogP contribution in [0, 0.1) is 19.8 Å². The molecule has 1 aromatic rings. The van der Waals surface area contributed by atoms with Crippen molar-refractivity contribution in [2.75, 3.05) is 20.3 Å². The highest BCUT2D eigenvalue weighted by molar-refractivity contribution is 9.10. The fourth-order valence-corrected chi connectivity index (χ4v) is 3.73. The molecule has 0 saturated carbocycles. The summed E-state index contributed by atoms with van der Waals surface area (Å²) in [6.07, 6.45) is 2.20. The van der Waals surface area contributed by atoms with E-state index in [2.05, 4.69) is 28.9 Å². The van der Waals surface area contributed by atoms with Gasteiger partial charge < -0.3 is 9.47 Å². The summed E-state index contributed by atoms with van der Waals surface area (Å²) in [4.78, 5) is 0. The van der Waals surface area contributed by atoms with E-state index in [0.29, 0.717) is 5.92 Å². The number of aryl methyl sites for hydroxylation is 1. The SMILES string of the molecule is COc1c(C)cc(Br)c(C)c1C(Cl)C1CCCOC1. The van der Waals surface area contributed by atoms with Gasteiger partial charge in [-0.25, -0.2) is 0 Å². The third kappa shape index (κ3) is 3.09. The van der Waals surface area contributed by atoms with Gasteiger partial charge >= 0.3 is 0 Å². The fraction of sp³-hybridized carbons (Fsp3) is 0.600. The summed E-state index contributed by atoms with van der Waals surface area (Å²) < 4.78 is 12.2. The molecule has 0 radical (unpaired) electrons. The lowest BCUT2D eigenvalue weighted by Gasteiger charge is -2.29. The molecule has 0 aliphatic carbocycles. The Labute approximate surface area is 128 Å². The zero-order chi connectivity index (χ0) is 14.0. The summed E-state index contributed by atoms with van der Waals surface area (Å²) in [5.74, 6) is 1.27. The predicted molar refractivity (Wildman–Crippen MR) is 82.3 cm³/mol. The molecule has 0 aromatic heterocycles. The molecule has 2 unspecified atom stereocenters. The summed E-state index contributed by atoms with van der Waals surface area (Å²) in [5.41, 5.74) is 3.37. The fourth-order valence-electron chi connectivity index (χ4n) is 2.71. The number of hydrogen-bond acceptors (Lipinski definition) is 2. The Morgan fingerprint density at radius 2 is 2.21 bits per heavy atom. The molecular formula is C15H20BrClO2. The molecule has 2 nitrogen and oxygen atoms in total. The van der Waals surface area contributed by atoms with Gasteiger partial charge in [-0.05, 0) is 43.9 Å². The molecule has 1 aliphatic rings. The van der Waals surface area contributed by atoms with Crippen molar-refractivity contribution in [3.63, 3.8) is 0 Å². The van der Waals surface area contributed by atoms with Gasteiger partial charge in [0.1, 0.15) is 5.75 Å². The van der Waals surface area contributed by atoms with Gasteiger partial charge in [-0.15, -0.1) is 11.6 Å². The minimum Gasteiger partial charge on any atom is -0.496 e. The Bertz CT molecular complexity index is 456. The Kier molecular flexibility index (Phi) is 5.15. The van der Waals surface area contributed by atoms with Crippen LogP contribution in [0.1, 0.15) is 34.9 Å². The molecule has 1 saturated heterocycles. The van der Waals surface area contributed by atoms with E-state index in [-0.39, 0.29) is 5.38 Å². The van der Waals surface area contributed by atoms with E-state index in [1.807, 2.05) is 6.92 Å². The minimum absolute atomic E-state index is 0.0635. The van der Waals surface area contributed by atoms with Gasteiger partial charge in [0.25, 0.3) is 0 Å². The van der Waals surface area contributed by atoms with E-state index in [1.165, 1.54) is 0 Å². The van der Waals surface area contributed by atoms with Crippen molar-refractivity contribution in [1.29, 1.82) is 0 Å². The molecule has 2 rings (SSSR count). The third-order valence-electron chi connectivity index (χ3n) is 3.80. The Morgan fingerprint density at radius 1 is 1.47 bits per heavy atom. The first-order chi connectivity index (χ1) is 9.06. The maximum atomic E-state index is 6.74. The zero-order valence-corrected chi connectivity index (χ0v) is 14.0. The number of hydrogen-bond donors (Lipinski definition) is 0. The Hall–Kier alpha value is -0.250. The largest absolute Gasteiger partial charge is 0.496 e. The van der Waals surface area contributed by atoms with Crippen LogP contribution in [0.25, 0.3) is 0 Å². The molecule has 0 bridgehead atoms. The number of benzene rings is 1. The number of ether oxygens (including phenoxy) is 2. The number of alkyl halides is 1. The first-order valence-electron chi connectivity index (χ1n) is 6.61. The molecule has 1 fully saturated rings. The smallest absolute Gasteiger partial charge is 0.126 e. The molecule has 1 heterocycles. The molecular weight excluding hydrogens is 328 g/mol. The molecule has 1 aliphatic heterocycles. The Balaban J connectivity index is 2.41. The van der Waals surface area contributed by atoms with Crippen molar-refractivity contribution in [2.45, 2.75) is 32.1 Å². The maximum Gasteiger partial charge on any atom is 0.126 e. The van der Waals surface area contributed by atoms with Crippen LogP contribution in [0.5, 0.6) is 5.75 Å². The molecule has 2 atom stereocenters. The van der Waals surface area contributed by atoms with Gasteiger partial charge in [0.05, 0.1) is 19.1 Å². The van der Waals surface area contributed by atoms with Crippen LogP contribution in [0.4, 0.5) is 0 Å². The predicted octanol–water partition coefficient (Wildman–Crippen LogP) is 4.78. The lowest BCUT2D eigenvalue weighted by atomic mass is 9.90. The van der Waals surface area contributed by atoms with Crippen LogP contribution in [0.3, 0.4) is 0 Å². The number of rotatable bonds is 3. The van der Waals surface area contributed by atoms with E-state index in [9.17, 15) is 0 Å². The maximum absolute atomic E-state index is 6.74. The van der Waals surface area contributed by atoms with E-state index in [4.69, 9.17) is 21.1 Å². The second kappa shape index (κ2) is 6.47. The summed E-state index contributed by atoms with van der Waals surface area (Å²) in [6.45, 7) is 5.73. The van der Waals surface area contributed by atoms with Crippen LogP contribution in [-0.2, 0) is 4.74 Å². The average molecular weight is 348 g/mol. The average Bonchev–Trinajstić information content (AvgIpc) is 2.42. The van der Waals surface area contributed by atoms with E-state index in [1.54, 1.807) is 7.11 Å². The van der Waals surface area contributed by atoms with E-state index >= 15 is 0 Å². The summed E-state index contributed by atoms with van der Waals surface area (Å²) >= 11 is 10.3. The zero-order valence-electron chi connectivity index (χ0n) is 11.6. The monoisotopic (exact) mass is 346 g/mol. The van der Waals surface area contributed by atoms with Gasteiger partial charge in [0.2, 0.25) is 0 Å². The van der Waals surface area contributed by atoms with Crippen molar-refractivity contribution in [2.24, 2.45) is 5.92 Å². The normalized spacial score (nSPS) is 21.2. The minimum atomic E-state index is -0.0635. The van der Waals surface area contributed by atoms with Crippen LogP contribution in [-0.4, -0.2) is 20.3 Å². The molecule has 0 amide bonds. The molecule has 106 valence electrons. The van der Waals surface area contributed by atoms with Crippen LogP contribution < -0.4 is 4.74 Å². The molecule has 0 N–H and O–H groups in total. The Morgan fingerprint density at radius 3 is 2.79 bits per heavy atom. The van der Waals surface area contributed by atoms with E-state index in [0.717, 1.165) is 53.0 Å².